The van der Waals surface area contributed by atoms with Gasteiger partial charge in [0.2, 0.25) is 5.91 Å². The van der Waals surface area contributed by atoms with Crippen LogP contribution in [0.2, 0.25) is 0 Å². The second kappa shape index (κ2) is 8.77. The largest absolute Gasteiger partial charge is 0.467 e. The van der Waals surface area contributed by atoms with E-state index in [0.717, 1.165) is 0 Å². The number of esters is 1. The third-order valence-electron chi connectivity index (χ3n) is 4.20. The minimum atomic E-state index is -3.28. The summed E-state index contributed by atoms with van der Waals surface area (Å²) in [5, 5.41) is 4.97. The fourth-order valence-corrected chi connectivity index (χ4v) is 4.63. The minimum Gasteiger partial charge on any atom is -0.467 e. The lowest BCUT2D eigenvalue weighted by molar-refractivity contribution is -0.146. The van der Waals surface area contributed by atoms with E-state index in [0.29, 0.717) is 6.54 Å². The fraction of sp³-hybridized carbons (Fsp3) is 0.867. The van der Waals surface area contributed by atoms with Crippen LogP contribution in [0.15, 0.2) is 0 Å². The summed E-state index contributed by atoms with van der Waals surface area (Å²) < 4.78 is 29.0. The second-order valence-electron chi connectivity index (χ2n) is 6.67. The summed E-state index contributed by atoms with van der Waals surface area (Å²) in [4.78, 5) is 26.3. The van der Waals surface area contributed by atoms with E-state index in [1.54, 1.807) is 19.0 Å². The summed E-state index contributed by atoms with van der Waals surface area (Å²) in [7, 11) is 1.51. The number of ether oxygens (including phenoxy) is 1. The summed E-state index contributed by atoms with van der Waals surface area (Å²) >= 11 is 0. The van der Waals surface area contributed by atoms with Crippen LogP contribution in [0.25, 0.3) is 0 Å². The fourth-order valence-electron chi connectivity index (χ4n) is 3.01. The molecule has 0 bridgehead atoms. The number of hydrogen-bond acceptors (Lipinski definition) is 7. The Labute approximate surface area is 144 Å². The SMILES string of the molecule is COC(=O)C(CC1CNCCS1(=O)=O)NC(=O)[C@H](C(C)C)N(C)C. The van der Waals surface area contributed by atoms with E-state index >= 15 is 0 Å². The molecule has 0 aliphatic carbocycles. The van der Waals surface area contributed by atoms with Gasteiger partial charge in [0.25, 0.3) is 0 Å². The van der Waals surface area contributed by atoms with Crippen molar-refractivity contribution in [3.8, 4) is 0 Å². The molecule has 3 atom stereocenters. The molecule has 0 aromatic carbocycles. The van der Waals surface area contributed by atoms with Crippen LogP contribution in [0.3, 0.4) is 0 Å². The average Bonchev–Trinajstić information content (AvgIpc) is 2.46. The van der Waals surface area contributed by atoms with Gasteiger partial charge in [-0.25, -0.2) is 13.2 Å². The van der Waals surface area contributed by atoms with Gasteiger partial charge in [0.15, 0.2) is 9.84 Å². The van der Waals surface area contributed by atoms with Gasteiger partial charge in [0, 0.05) is 13.1 Å². The highest BCUT2D eigenvalue weighted by atomic mass is 32.2. The number of nitrogens with one attached hydrogen (secondary N) is 2. The number of carbonyl (C=O) groups excluding carboxylic acids is 2. The Morgan fingerprint density at radius 2 is 1.96 bits per heavy atom. The van der Waals surface area contributed by atoms with Crippen LogP contribution in [0, 0.1) is 5.92 Å². The van der Waals surface area contributed by atoms with Gasteiger partial charge in [0.05, 0.1) is 24.2 Å². The monoisotopic (exact) mass is 363 g/mol. The highest BCUT2D eigenvalue weighted by Crippen LogP contribution is 2.15. The zero-order chi connectivity index (χ0) is 18.5. The molecule has 1 aliphatic heterocycles. The molecule has 0 spiro atoms. The third kappa shape index (κ3) is 5.42. The Bertz CT molecular complexity index is 539. The number of nitrogens with zero attached hydrogens (tertiary/aromatic N) is 1. The Kier molecular flexibility index (Phi) is 7.62. The molecular weight excluding hydrogens is 334 g/mol. The smallest absolute Gasteiger partial charge is 0.328 e. The van der Waals surface area contributed by atoms with Crippen molar-refractivity contribution in [3.63, 3.8) is 0 Å². The van der Waals surface area contributed by atoms with Crippen LogP contribution >= 0.6 is 0 Å². The molecule has 1 heterocycles. The molecule has 0 aromatic rings. The number of carbonyl (C=O) groups is 2. The number of likely N-dealkylation sites (N-methyl/N-ethyl adjacent to an activating group) is 1. The summed E-state index contributed by atoms with van der Waals surface area (Å²) in [6.07, 6.45) is 0.00594. The maximum atomic E-state index is 12.5. The van der Waals surface area contributed by atoms with E-state index in [1.807, 2.05) is 13.8 Å². The van der Waals surface area contributed by atoms with Crippen LogP contribution in [0.5, 0.6) is 0 Å². The molecule has 9 heteroatoms. The average molecular weight is 363 g/mol. The molecule has 0 saturated carbocycles. The van der Waals surface area contributed by atoms with Gasteiger partial charge in [-0.3, -0.25) is 9.69 Å². The van der Waals surface area contributed by atoms with Gasteiger partial charge in [-0.2, -0.15) is 0 Å². The normalized spacial score (nSPS) is 22.9. The van der Waals surface area contributed by atoms with E-state index in [1.165, 1.54) is 7.11 Å². The molecule has 1 aliphatic rings. The number of hydrogen-bond donors (Lipinski definition) is 2. The quantitative estimate of drug-likeness (QED) is 0.560. The predicted molar refractivity (Wildman–Crippen MR) is 91.3 cm³/mol. The standard InChI is InChI=1S/C15H29N3O5S/c1-10(2)13(18(3)4)14(19)17-12(15(20)23-5)8-11-9-16-6-7-24(11,21)22/h10-13,16H,6-9H2,1-5H3,(H,17,19)/t11?,12?,13-/m0/s1. The molecule has 1 fully saturated rings. The summed E-state index contributed by atoms with van der Waals surface area (Å²) in [6.45, 7) is 4.50. The van der Waals surface area contributed by atoms with Gasteiger partial charge >= 0.3 is 5.97 Å². The number of sulfone groups is 1. The maximum absolute atomic E-state index is 12.5. The molecule has 24 heavy (non-hydrogen) atoms. The van der Waals surface area contributed by atoms with Gasteiger partial charge in [-0.15, -0.1) is 0 Å². The van der Waals surface area contributed by atoms with Crippen LogP contribution in [0.1, 0.15) is 20.3 Å². The highest BCUT2D eigenvalue weighted by molar-refractivity contribution is 7.92. The Morgan fingerprint density at radius 1 is 1.33 bits per heavy atom. The van der Waals surface area contributed by atoms with Crippen molar-refractivity contribution >= 4 is 21.7 Å². The number of methoxy groups -OCH3 is 1. The van der Waals surface area contributed by atoms with Crippen LogP contribution in [-0.4, -0.2) is 82.6 Å². The van der Waals surface area contributed by atoms with Crippen molar-refractivity contribution in [3.05, 3.63) is 0 Å². The van der Waals surface area contributed by atoms with Crippen molar-refractivity contribution in [2.45, 2.75) is 37.6 Å². The molecule has 1 rings (SSSR count). The first-order valence-electron chi connectivity index (χ1n) is 8.07. The van der Waals surface area contributed by atoms with E-state index in [-0.39, 0.29) is 30.5 Å². The molecule has 0 radical (unpaired) electrons. The van der Waals surface area contributed by atoms with Gasteiger partial charge in [0.1, 0.15) is 6.04 Å². The number of rotatable bonds is 7. The van der Waals surface area contributed by atoms with Gasteiger partial charge in [-0.1, -0.05) is 13.8 Å². The van der Waals surface area contributed by atoms with E-state index in [2.05, 4.69) is 10.6 Å². The maximum Gasteiger partial charge on any atom is 0.328 e. The van der Waals surface area contributed by atoms with Crippen molar-refractivity contribution in [2.24, 2.45) is 5.92 Å². The molecule has 0 aromatic heterocycles. The van der Waals surface area contributed by atoms with Gasteiger partial charge < -0.3 is 15.4 Å². The summed E-state index contributed by atoms with van der Waals surface area (Å²) in [5.41, 5.74) is 0. The molecule has 2 unspecified atom stereocenters. The topological polar surface area (TPSA) is 105 Å². The molecule has 8 nitrogen and oxygen atoms in total. The van der Waals surface area contributed by atoms with Crippen molar-refractivity contribution < 1.29 is 22.7 Å². The van der Waals surface area contributed by atoms with Crippen molar-refractivity contribution in [2.75, 3.05) is 40.0 Å². The Balaban J connectivity index is 2.90. The van der Waals surface area contributed by atoms with E-state index in [9.17, 15) is 18.0 Å². The highest BCUT2D eigenvalue weighted by Gasteiger charge is 2.36. The molecular formula is C15H29N3O5S. The second-order valence-corrected chi connectivity index (χ2v) is 9.07. The molecule has 2 N–H and O–H groups in total. The number of amides is 1. The lowest BCUT2D eigenvalue weighted by Crippen LogP contribution is -2.54. The summed E-state index contributed by atoms with van der Waals surface area (Å²) in [5.74, 6) is -0.874. The van der Waals surface area contributed by atoms with E-state index < -0.39 is 33.1 Å². The van der Waals surface area contributed by atoms with Gasteiger partial charge in [-0.05, 0) is 26.4 Å². The molecule has 1 saturated heterocycles. The Morgan fingerprint density at radius 3 is 2.42 bits per heavy atom. The lowest BCUT2D eigenvalue weighted by atomic mass is 10.0. The Hall–Kier alpha value is -1.19. The van der Waals surface area contributed by atoms with Crippen LogP contribution in [-0.2, 0) is 24.2 Å². The van der Waals surface area contributed by atoms with E-state index in [4.69, 9.17) is 4.74 Å². The lowest BCUT2D eigenvalue weighted by Gasteiger charge is -2.30. The van der Waals surface area contributed by atoms with Crippen molar-refractivity contribution in [1.82, 2.24) is 15.5 Å². The zero-order valence-corrected chi connectivity index (χ0v) is 15.9. The molecule has 140 valence electrons. The van der Waals surface area contributed by atoms with Crippen LogP contribution < -0.4 is 10.6 Å². The summed E-state index contributed by atoms with van der Waals surface area (Å²) in [6, 6.07) is -1.40. The minimum absolute atomic E-state index is 0.00594. The first-order valence-corrected chi connectivity index (χ1v) is 9.78. The third-order valence-corrected chi connectivity index (χ3v) is 6.35. The first kappa shape index (κ1) is 20.9. The van der Waals surface area contributed by atoms with Crippen LogP contribution in [0.4, 0.5) is 0 Å². The predicted octanol–water partition coefficient (Wildman–Crippen LogP) is -0.993. The van der Waals surface area contributed by atoms with Crippen molar-refractivity contribution in [1.29, 1.82) is 0 Å². The molecule has 1 amide bonds. The first-order chi connectivity index (χ1) is 11.1. The zero-order valence-electron chi connectivity index (χ0n) is 15.0.